The van der Waals surface area contributed by atoms with Crippen molar-refractivity contribution < 1.29 is 9.59 Å². The molecular formula is C22H23N5O3. The molecule has 0 unspecified atom stereocenters. The molecule has 0 radical (unpaired) electrons. The molecule has 0 saturated heterocycles. The van der Waals surface area contributed by atoms with Crippen molar-refractivity contribution in [1.82, 2.24) is 15.2 Å². The molecule has 1 heterocycles. The number of hydrazone groups is 1. The zero-order valence-electron chi connectivity index (χ0n) is 16.9. The lowest BCUT2D eigenvalue weighted by Crippen LogP contribution is -2.29. The zero-order chi connectivity index (χ0) is 21.5. The standard InChI is InChI=1S/C22H23N5O3/c1-3-4-13-27-22(30)19-8-6-5-7-18(19)20(26-27)21(29)25-23-14-16-9-11-17(12-10-16)24-15(2)28/h5-12,14H,3-4,13H2,1-2H3,(H,24,28)(H,25,29)/b23-14-. The number of amides is 2. The van der Waals surface area contributed by atoms with Crippen molar-refractivity contribution >= 4 is 34.5 Å². The summed E-state index contributed by atoms with van der Waals surface area (Å²) in [5.74, 6) is -0.647. The Balaban J connectivity index is 1.81. The molecule has 8 nitrogen and oxygen atoms in total. The molecule has 2 amide bonds. The van der Waals surface area contributed by atoms with Gasteiger partial charge >= 0.3 is 0 Å². The van der Waals surface area contributed by atoms with Gasteiger partial charge in [-0.25, -0.2) is 10.1 Å². The lowest BCUT2D eigenvalue weighted by atomic mass is 10.1. The molecule has 1 aromatic heterocycles. The van der Waals surface area contributed by atoms with E-state index in [1.165, 1.54) is 17.8 Å². The molecule has 3 aromatic rings. The van der Waals surface area contributed by atoms with Crippen LogP contribution < -0.4 is 16.3 Å². The van der Waals surface area contributed by atoms with E-state index in [0.29, 0.717) is 23.0 Å². The van der Waals surface area contributed by atoms with Crippen LogP contribution in [0.3, 0.4) is 0 Å². The Labute approximate surface area is 173 Å². The van der Waals surface area contributed by atoms with E-state index in [9.17, 15) is 14.4 Å². The Hall–Kier alpha value is -3.81. The maximum atomic E-state index is 12.7. The number of anilines is 1. The summed E-state index contributed by atoms with van der Waals surface area (Å²) in [6.07, 6.45) is 3.19. The van der Waals surface area contributed by atoms with Gasteiger partial charge in [0.25, 0.3) is 11.5 Å². The van der Waals surface area contributed by atoms with Crippen molar-refractivity contribution in [2.24, 2.45) is 5.10 Å². The van der Waals surface area contributed by atoms with Crippen LogP contribution in [0, 0.1) is 0 Å². The zero-order valence-corrected chi connectivity index (χ0v) is 16.9. The number of carbonyl (C=O) groups is 2. The summed E-state index contributed by atoms with van der Waals surface area (Å²) in [7, 11) is 0. The second-order valence-corrected chi connectivity index (χ2v) is 6.78. The SMILES string of the molecule is CCCCn1nc(C(=O)N/N=C\c2ccc(NC(C)=O)cc2)c2ccccc2c1=O. The van der Waals surface area contributed by atoms with Gasteiger partial charge < -0.3 is 5.32 Å². The molecule has 2 N–H and O–H groups in total. The van der Waals surface area contributed by atoms with Gasteiger partial charge in [-0.1, -0.05) is 43.7 Å². The Morgan fingerprint density at radius 2 is 1.80 bits per heavy atom. The van der Waals surface area contributed by atoms with Crippen molar-refractivity contribution in [1.29, 1.82) is 0 Å². The van der Waals surface area contributed by atoms with Crippen LogP contribution in [-0.4, -0.2) is 27.8 Å². The maximum Gasteiger partial charge on any atom is 0.292 e. The summed E-state index contributed by atoms with van der Waals surface area (Å²) in [6.45, 7) is 3.91. The lowest BCUT2D eigenvalue weighted by molar-refractivity contribution is -0.114. The number of hydrogen-bond donors (Lipinski definition) is 2. The topological polar surface area (TPSA) is 105 Å². The second kappa shape index (κ2) is 9.60. The normalized spacial score (nSPS) is 11.0. The van der Waals surface area contributed by atoms with Gasteiger partial charge in [0, 0.05) is 24.5 Å². The fraction of sp³-hybridized carbons (Fsp3) is 0.227. The molecule has 154 valence electrons. The van der Waals surface area contributed by atoms with E-state index in [0.717, 1.165) is 18.4 Å². The molecule has 8 heteroatoms. The van der Waals surface area contributed by atoms with Crippen LogP contribution in [0.25, 0.3) is 10.8 Å². The molecule has 0 aliphatic heterocycles. The van der Waals surface area contributed by atoms with Crippen LogP contribution in [-0.2, 0) is 11.3 Å². The third-order valence-electron chi connectivity index (χ3n) is 4.42. The van der Waals surface area contributed by atoms with Crippen LogP contribution >= 0.6 is 0 Å². The number of hydrogen-bond acceptors (Lipinski definition) is 5. The fourth-order valence-corrected chi connectivity index (χ4v) is 2.94. The van der Waals surface area contributed by atoms with Gasteiger partial charge in [-0.3, -0.25) is 14.4 Å². The van der Waals surface area contributed by atoms with Crippen molar-refractivity contribution in [3.8, 4) is 0 Å². The average Bonchev–Trinajstić information content (AvgIpc) is 2.74. The quantitative estimate of drug-likeness (QED) is 0.466. The molecule has 3 rings (SSSR count). The Morgan fingerprint density at radius 3 is 2.47 bits per heavy atom. The number of carbonyl (C=O) groups excluding carboxylic acids is 2. The molecule has 0 spiro atoms. The smallest absolute Gasteiger partial charge is 0.292 e. The van der Waals surface area contributed by atoms with Crippen LogP contribution in [0.4, 0.5) is 5.69 Å². The van der Waals surface area contributed by atoms with Crippen LogP contribution in [0.2, 0.25) is 0 Å². The fourth-order valence-electron chi connectivity index (χ4n) is 2.94. The summed E-state index contributed by atoms with van der Waals surface area (Å²) in [5, 5.41) is 11.9. The molecule has 0 aliphatic carbocycles. The molecule has 0 atom stereocenters. The summed E-state index contributed by atoms with van der Waals surface area (Å²) < 4.78 is 1.34. The third kappa shape index (κ3) is 4.96. The molecule has 0 aliphatic rings. The first-order valence-electron chi connectivity index (χ1n) is 9.70. The second-order valence-electron chi connectivity index (χ2n) is 6.78. The van der Waals surface area contributed by atoms with Crippen molar-refractivity contribution in [3.05, 3.63) is 70.1 Å². The van der Waals surface area contributed by atoms with E-state index in [2.05, 4.69) is 20.9 Å². The number of nitrogens with one attached hydrogen (secondary N) is 2. The number of fused-ring (bicyclic) bond motifs is 1. The third-order valence-corrected chi connectivity index (χ3v) is 4.42. The van der Waals surface area contributed by atoms with Gasteiger partial charge in [0.2, 0.25) is 5.91 Å². The Morgan fingerprint density at radius 1 is 1.10 bits per heavy atom. The number of unbranched alkanes of at least 4 members (excludes halogenated alkanes) is 1. The van der Waals surface area contributed by atoms with Crippen LogP contribution in [0.5, 0.6) is 0 Å². The maximum absolute atomic E-state index is 12.7. The largest absolute Gasteiger partial charge is 0.326 e. The molecule has 30 heavy (non-hydrogen) atoms. The highest BCUT2D eigenvalue weighted by atomic mass is 16.2. The van der Waals surface area contributed by atoms with Crippen molar-refractivity contribution in [2.45, 2.75) is 33.2 Å². The van der Waals surface area contributed by atoms with E-state index in [1.807, 2.05) is 6.92 Å². The minimum absolute atomic E-state index is 0.149. The van der Waals surface area contributed by atoms with Crippen molar-refractivity contribution in [3.63, 3.8) is 0 Å². The predicted molar refractivity (Wildman–Crippen MR) is 117 cm³/mol. The first-order chi connectivity index (χ1) is 14.5. The van der Waals surface area contributed by atoms with Gasteiger partial charge in [-0.15, -0.1) is 0 Å². The van der Waals surface area contributed by atoms with Gasteiger partial charge in [0.05, 0.1) is 11.6 Å². The van der Waals surface area contributed by atoms with Gasteiger partial charge in [-0.2, -0.15) is 10.2 Å². The van der Waals surface area contributed by atoms with Crippen molar-refractivity contribution in [2.75, 3.05) is 5.32 Å². The van der Waals surface area contributed by atoms with Crippen LogP contribution in [0.15, 0.2) is 58.4 Å². The highest BCUT2D eigenvalue weighted by Gasteiger charge is 2.16. The average molecular weight is 405 g/mol. The summed E-state index contributed by atoms with van der Waals surface area (Å²) >= 11 is 0. The first kappa shape index (κ1) is 20.9. The van der Waals surface area contributed by atoms with Crippen LogP contribution in [0.1, 0.15) is 42.7 Å². The van der Waals surface area contributed by atoms with E-state index < -0.39 is 5.91 Å². The molecule has 2 aromatic carbocycles. The summed E-state index contributed by atoms with van der Waals surface area (Å²) in [6, 6.07) is 13.9. The number of benzene rings is 2. The number of aromatic nitrogens is 2. The predicted octanol–water partition coefficient (Wildman–Crippen LogP) is 2.92. The number of aryl methyl sites for hydroxylation is 1. The molecule has 0 saturated carbocycles. The summed E-state index contributed by atoms with van der Waals surface area (Å²) in [5.41, 5.74) is 3.83. The van der Waals surface area contributed by atoms with Gasteiger partial charge in [-0.05, 0) is 30.2 Å². The number of nitrogens with zero attached hydrogens (tertiary/aromatic N) is 3. The molecular weight excluding hydrogens is 382 g/mol. The number of rotatable bonds is 7. The molecule has 0 bridgehead atoms. The lowest BCUT2D eigenvalue weighted by Gasteiger charge is -2.09. The van der Waals surface area contributed by atoms with E-state index in [-0.39, 0.29) is 17.2 Å². The van der Waals surface area contributed by atoms with E-state index in [4.69, 9.17) is 0 Å². The monoisotopic (exact) mass is 405 g/mol. The first-order valence-corrected chi connectivity index (χ1v) is 9.70. The van der Waals surface area contributed by atoms with Gasteiger partial charge in [0.1, 0.15) is 0 Å². The van der Waals surface area contributed by atoms with E-state index in [1.54, 1.807) is 48.5 Å². The Bertz CT molecular complexity index is 1150. The minimum atomic E-state index is -0.498. The highest BCUT2D eigenvalue weighted by molar-refractivity contribution is 6.05. The van der Waals surface area contributed by atoms with Gasteiger partial charge in [0.15, 0.2) is 5.69 Å². The van der Waals surface area contributed by atoms with E-state index >= 15 is 0 Å². The Kier molecular flexibility index (Phi) is 6.69. The highest BCUT2D eigenvalue weighted by Crippen LogP contribution is 2.13. The minimum Gasteiger partial charge on any atom is -0.326 e. The summed E-state index contributed by atoms with van der Waals surface area (Å²) in [4.78, 5) is 36.4. The molecule has 0 fully saturated rings.